The summed E-state index contributed by atoms with van der Waals surface area (Å²) in [6.45, 7) is 2.87. The van der Waals surface area contributed by atoms with E-state index in [-0.39, 0.29) is 18.0 Å². The number of nitrogens with zero attached hydrogens (tertiary/aromatic N) is 1. The van der Waals surface area contributed by atoms with Crippen LogP contribution >= 0.6 is 11.8 Å². The molecule has 1 aliphatic heterocycles. The monoisotopic (exact) mass is 278 g/mol. The van der Waals surface area contributed by atoms with E-state index in [1.165, 1.54) is 5.56 Å². The van der Waals surface area contributed by atoms with Crippen molar-refractivity contribution in [3.63, 3.8) is 0 Å². The van der Waals surface area contributed by atoms with Crippen LogP contribution in [0.4, 0.5) is 0 Å². The molecule has 1 heterocycles. The predicted octanol–water partition coefficient (Wildman–Crippen LogP) is 2.43. The molecule has 4 heteroatoms. The molecule has 1 saturated heterocycles. The van der Waals surface area contributed by atoms with Crippen molar-refractivity contribution < 1.29 is 4.79 Å². The van der Waals surface area contributed by atoms with Crippen LogP contribution in [0, 0.1) is 0 Å². The second-order valence-electron chi connectivity index (χ2n) is 4.93. The van der Waals surface area contributed by atoms with Crippen LogP contribution in [-0.2, 0) is 4.79 Å². The fraction of sp³-hybridized carbons (Fsp3) is 0.533. The average molecular weight is 278 g/mol. The Morgan fingerprint density at radius 2 is 2.21 bits per heavy atom. The number of carbonyl (C=O) groups is 1. The Morgan fingerprint density at radius 3 is 2.89 bits per heavy atom. The lowest BCUT2D eigenvalue weighted by atomic mass is 10.0. The quantitative estimate of drug-likeness (QED) is 0.920. The number of rotatable bonds is 4. The largest absolute Gasteiger partial charge is 0.333 e. The third kappa shape index (κ3) is 3.51. The summed E-state index contributed by atoms with van der Waals surface area (Å²) in [4.78, 5) is 14.4. The molecular weight excluding hydrogens is 256 g/mol. The number of hydrogen-bond acceptors (Lipinski definition) is 3. The highest BCUT2D eigenvalue weighted by atomic mass is 32.2. The van der Waals surface area contributed by atoms with Crippen molar-refractivity contribution in [1.82, 2.24) is 4.90 Å². The predicted molar refractivity (Wildman–Crippen MR) is 81.1 cm³/mol. The van der Waals surface area contributed by atoms with Gasteiger partial charge in [0.25, 0.3) is 0 Å². The van der Waals surface area contributed by atoms with E-state index in [9.17, 15) is 4.79 Å². The maximum Gasteiger partial charge on any atom is 0.240 e. The molecule has 2 atom stereocenters. The van der Waals surface area contributed by atoms with Crippen molar-refractivity contribution in [2.75, 3.05) is 18.1 Å². The van der Waals surface area contributed by atoms with Gasteiger partial charge >= 0.3 is 0 Å². The van der Waals surface area contributed by atoms with E-state index < -0.39 is 0 Å². The van der Waals surface area contributed by atoms with Gasteiger partial charge in [-0.05, 0) is 12.0 Å². The maximum absolute atomic E-state index is 12.5. The zero-order valence-corrected chi connectivity index (χ0v) is 12.2. The van der Waals surface area contributed by atoms with Crippen LogP contribution in [0.3, 0.4) is 0 Å². The van der Waals surface area contributed by atoms with E-state index in [4.69, 9.17) is 5.73 Å². The molecule has 3 nitrogen and oxygen atoms in total. The zero-order chi connectivity index (χ0) is 13.7. The smallest absolute Gasteiger partial charge is 0.240 e. The molecule has 0 aliphatic carbocycles. The van der Waals surface area contributed by atoms with Crippen LogP contribution in [0.15, 0.2) is 30.3 Å². The maximum atomic E-state index is 12.5. The number of nitrogens with two attached hydrogens (primary N) is 1. The highest BCUT2D eigenvalue weighted by Crippen LogP contribution is 2.30. The molecule has 2 N–H and O–H groups in total. The Hall–Kier alpha value is -1.00. The lowest BCUT2D eigenvalue weighted by Crippen LogP contribution is -2.48. The first-order valence-electron chi connectivity index (χ1n) is 6.92. The van der Waals surface area contributed by atoms with Gasteiger partial charge in [0.1, 0.15) is 0 Å². The SMILES string of the molecule is CCCC(N)C(=O)N1CCSCC1c1ccccc1. The molecule has 2 unspecified atom stereocenters. The first-order chi connectivity index (χ1) is 9.24. The van der Waals surface area contributed by atoms with Crippen LogP contribution < -0.4 is 5.73 Å². The summed E-state index contributed by atoms with van der Waals surface area (Å²) in [6, 6.07) is 10.1. The van der Waals surface area contributed by atoms with Gasteiger partial charge in [-0.3, -0.25) is 4.79 Å². The molecule has 1 aromatic carbocycles. The Bertz CT molecular complexity index is 410. The van der Waals surface area contributed by atoms with Crippen LogP contribution in [0.5, 0.6) is 0 Å². The number of thioether (sulfide) groups is 1. The first-order valence-corrected chi connectivity index (χ1v) is 8.08. The average Bonchev–Trinajstić information content (AvgIpc) is 2.47. The third-order valence-corrected chi connectivity index (χ3v) is 4.54. The number of amides is 1. The van der Waals surface area contributed by atoms with E-state index >= 15 is 0 Å². The van der Waals surface area contributed by atoms with Crippen LogP contribution in [0.1, 0.15) is 31.4 Å². The van der Waals surface area contributed by atoms with Gasteiger partial charge in [-0.2, -0.15) is 11.8 Å². The van der Waals surface area contributed by atoms with E-state index in [1.54, 1.807) is 0 Å². The van der Waals surface area contributed by atoms with Crippen molar-refractivity contribution >= 4 is 17.7 Å². The van der Waals surface area contributed by atoms with Crippen molar-refractivity contribution in [1.29, 1.82) is 0 Å². The second-order valence-corrected chi connectivity index (χ2v) is 6.08. The minimum atomic E-state index is -0.348. The van der Waals surface area contributed by atoms with Gasteiger partial charge < -0.3 is 10.6 Å². The van der Waals surface area contributed by atoms with Crippen LogP contribution in [0.2, 0.25) is 0 Å². The lowest BCUT2D eigenvalue weighted by Gasteiger charge is -2.37. The molecule has 1 amide bonds. The van der Waals surface area contributed by atoms with Gasteiger partial charge in [0.05, 0.1) is 12.1 Å². The second kappa shape index (κ2) is 6.96. The molecular formula is C15H22N2OS. The minimum absolute atomic E-state index is 0.107. The molecule has 1 fully saturated rings. The van der Waals surface area contributed by atoms with Gasteiger partial charge in [0.2, 0.25) is 5.91 Å². The van der Waals surface area contributed by atoms with Crippen molar-refractivity contribution in [2.24, 2.45) is 5.73 Å². The van der Waals surface area contributed by atoms with Gasteiger partial charge in [-0.1, -0.05) is 43.7 Å². The summed E-state index contributed by atoms with van der Waals surface area (Å²) >= 11 is 1.91. The minimum Gasteiger partial charge on any atom is -0.333 e. The molecule has 19 heavy (non-hydrogen) atoms. The fourth-order valence-electron chi connectivity index (χ4n) is 2.47. The topological polar surface area (TPSA) is 46.3 Å². The summed E-state index contributed by atoms with van der Waals surface area (Å²) in [6.07, 6.45) is 1.72. The van der Waals surface area contributed by atoms with Gasteiger partial charge in [0.15, 0.2) is 0 Å². The molecule has 2 rings (SSSR count). The lowest BCUT2D eigenvalue weighted by molar-refractivity contribution is -0.134. The summed E-state index contributed by atoms with van der Waals surface area (Å²) in [5, 5.41) is 0. The van der Waals surface area contributed by atoms with E-state index in [2.05, 4.69) is 19.1 Å². The highest BCUT2D eigenvalue weighted by molar-refractivity contribution is 7.99. The standard InChI is InChI=1S/C15H22N2OS/c1-2-6-13(16)15(18)17-9-10-19-11-14(17)12-7-4-3-5-8-12/h3-5,7-8,13-14H,2,6,9-11,16H2,1H3. The normalized spacial score (nSPS) is 21.2. The van der Waals surface area contributed by atoms with Crippen molar-refractivity contribution in [2.45, 2.75) is 31.8 Å². The number of carbonyl (C=O) groups excluding carboxylic acids is 1. The van der Waals surface area contributed by atoms with Crippen LogP contribution in [0.25, 0.3) is 0 Å². The van der Waals surface area contributed by atoms with Gasteiger partial charge in [-0.25, -0.2) is 0 Å². The Morgan fingerprint density at radius 1 is 1.47 bits per heavy atom. The molecule has 0 spiro atoms. The Kier molecular flexibility index (Phi) is 5.28. The number of benzene rings is 1. The van der Waals surface area contributed by atoms with E-state index in [0.717, 1.165) is 30.9 Å². The molecule has 1 aliphatic rings. The van der Waals surface area contributed by atoms with Crippen molar-refractivity contribution in [3.8, 4) is 0 Å². The summed E-state index contributed by atoms with van der Waals surface area (Å²) in [7, 11) is 0. The molecule has 0 saturated carbocycles. The Balaban J connectivity index is 2.14. The van der Waals surface area contributed by atoms with Crippen LogP contribution in [-0.4, -0.2) is 34.9 Å². The van der Waals surface area contributed by atoms with Crippen molar-refractivity contribution in [3.05, 3.63) is 35.9 Å². The summed E-state index contributed by atoms with van der Waals surface area (Å²) in [5.41, 5.74) is 7.22. The molecule has 0 bridgehead atoms. The zero-order valence-electron chi connectivity index (χ0n) is 11.4. The molecule has 0 radical (unpaired) electrons. The van der Waals surface area contributed by atoms with Gasteiger partial charge in [0, 0.05) is 18.1 Å². The number of hydrogen-bond donors (Lipinski definition) is 1. The molecule has 1 aromatic rings. The summed E-state index contributed by atoms with van der Waals surface area (Å²) in [5.74, 6) is 2.08. The van der Waals surface area contributed by atoms with E-state index in [0.29, 0.717) is 0 Å². The first kappa shape index (κ1) is 14.4. The third-order valence-electron chi connectivity index (χ3n) is 3.51. The summed E-state index contributed by atoms with van der Waals surface area (Å²) < 4.78 is 0. The fourth-order valence-corrected chi connectivity index (χ4v) is 3.55. The molecule has 0 aromatic heterocycles. The van der Waals surface area contributed by atoms with Gasteiger partial charge in [-0.15, -0.1) is 0 Å². The molecule has 104 valence electrons. The Labute approximate surface area is 119 Å². The van der Waals surface area contributed by atoms with E-state index in [1.807, 2.05) is 34.9 Å². The highest BCUT2D eigenvalue weighted by Gasteiger charge is 2.30.